The highest BCUT2D eigenvalue weighted by molar-refractivity contribution is 6.31. The molecule has 1 aliphatic heterocycles. The summed E-state index contributed by atoms with van der Waals surface area (Å²) in [7, 11) is 0. The molecule has 4 nitrogen and oxygen atoms in total. The van der Waals surface area contributed by atoms with Crippen molar-refractivity contribution in [1.29, 1.82) is 0 Å². The molecular weight excluding hydrogens is 288 g/mol. The Morgan fingerprint density at radius 2 is 2.05 bits per heavy atom. The van der Waals surface area contributed by atoms with Crippen LogP contribution >= 0.6 is 11.6 Å². The van der Waals surface area contributed by atoms with Crippen molar-refractivity contribution in [3.63, 3.8) is 0 Å². The van der Waals surface area contributed by atoms with Crippen LogP contribution < -0.4 is 5.32 Å². The molecule has 2 unspecified atom stereocenters. The van der Waals surface area contributed by atoms with Crippen molar-refractivity contribution in [2.24, 2.45) is 0 Å². The maximum absolute atomic E-state index is 12.7. The SMILES string of the molecule is CCC1(C)NC(=O)C(C)N(Cc2ccc(C)cc2Cl)C1=O. The number of halogens is 1. The second-order valence-corrected chi connectivity index (χ2v) is 6.29. The van der Waals surface area contributed by atoms with Gasteiger partial charge in [0.05, 0.1) is 0 Å². The summed E-state index contributed by atoms with van der Waals surface area (Å²) in [6.07, 6.45) is 0.558. The fourth-order valence-corrected chi connectivity index (χ4v) is 2.77. The molecule has 1 aromatic carbocycles. The summed E-state index contributed by atoms with van der Waals surface area (Å²) >= 11 is 6.25. The Balaban J connectivity index is 2.31. The van der Waals surface area contributed by atoms with Crippen molar-refractivity contribution < 1.29 is 9.59 Å². The van der Waals surface area contributed by atoms with E-state index in [9.17, 15) is 9.59 Å². The van der Waals surface area contributed by atoms with E-state index in [0.29, 0.717) is 18.0 Å². The standard InChI is InChI=1S/C16H21ClN2O2/c1-5-16(4)15(21)19(11(3)14(20)18-16)9-12-7-6-10(2)8-13(12)17/h6-8,11H,5,9H2,1-4H3,(H,18,20). The molecule has 0 bridgehead atoms. The van der Waals surface area contributed by atoms with E-state index in [1.54, 1.807) is 18.7 Å². The Labute approximate surface area is 130 Å². The number of hydrogen-bond donors (Lipinski definition) is 1. The van der Waals surface area contributed by atoms with E-state index in [0.717, 1.165) is 11.1 Å². The first-order chi connectivity index (χ1) is 9.78. The molecule has 1 fully saturated rings. The Bertz CT molecular complexity index is 588. The number of rotatable bonds is 3. The van der Waals surface area contributed by atoms with Crippen LogP contribution in [0, 0.1) is 6.92 Å². The number of aryl methyl sites for hydroxylation is 1. The molecule has 2 amide bonds. The van der Waals surface area contributed by atoms with Gasteiger partial charge in [-0.1, -0.05) is 30.7 Å². The lowest BCUT2D eigenvalue weighted by Crippen LogP contribution is -2.68. The van der Waals surface area contributed by atoms with Crippen molar-refractivity contribution in [1.82, 2.24) is 10.2 Å². The molecule has 2 atom stereocenters. The lowest BCUT2D eigenvalue weighted by atomic mass is 9.92. The van der Waals surface area contributed by atoms with Crippen LogP contribution in [-0.2, 0) is 16.1 Å². The Morgan fingerprint density at radius 1 is 1.38 bits per heavy atom. The van der Waals surface area contributed by atoms with Gasteiger partial charge in [0, 0.05) is 11.6 Å². The molecule has 1 aromatic rings. The molecule has 1 aliphatic rings. The van der Waals surface area contributed by atoms with Gasteiger partial charge in [0.15, 0.2) is 0 Å². The average Bonchev–Trinajstić information content (AvgIpc) is 2.43. The predicted molar refractivity (Wildman–Crippen MR) is 83.0 cm³/mol. The second kappa shape index (κ2) is 5.68. The topological polar surface area (TPSA) is 49.4 Å². The van der Waals surface area contributed by atoms with E-state index >= 15 is 0 Å². The van der Waals surface area contributed by atoms with Crippen LogP contribution in [0.2, 0.25) is 5.02 Å². The molecule has 114 valence electrons. The lowest BCUT2D eigenvalue weighted by Gasteiger charge is -2.43. The first-order valence-corrected chi connectivity index (χ1v) is 7.54. The quantitative estimate of drug-likeness (QED) is 0.933. The first kappa shape index (κ1) is 15.8. The number of amides is 2. The van der Waals surface area contributed by atoms with Crippen molar-refractivity contribution >= 4 is 23.4 Å². The van der Waals surface area contributed by atoms with Gasteiger partial charge in [-0.05, 0) is 44.4 Å². The summed E-state index contributed by atoms with van der Waals surface area (Å²) in [6.45, 7) is 7.71. The molecule has 0 radical (unpaired) electrons. The summed E-state index contributed by atoms with van der Waals surface area (Å²) in [6, 6.07) is 5.25. The number of piperazine rings is 1. The minimum absolute atomic E-state index is 0.0614. The molecule has 2 rings (SSSR count). The van der Waals surface area contributed by atoms with Gasteiger partial charge in [0.25, 0.3) is 0 Å². The van der Waals surface area contributed by atoms with Gasteiger partial charge in [-0.2, -0.15) is 0 Å². The molecular formula is C16H21ClN2O2. The Hall–Kier alpha value is -1.55. The first-order valence-electron chi connectivity index (χ1n) is 7.16. The van der Waals surface area contributed by atoms with Crippen LogP contribution in [0.1, 0.15) is 38.3 Å². The van der Waals surface area contributed by atoms with E-state index in [4.69, 9.17) is 11.6 Å². The number of carbonyl (C=O) groups is 2. The molecule has 0 saturated carbocycles. The normalized spacial score (nSPS) is 26.0. The van der Waals surface area contributed by atoms with Crippen LogP contribution in [0.5, 0.6) is 0 Å². The van der Waals surface area contributed by atoms with Crippen LogP contribution in [-0.4, -0.2) is 28.3 Å². The molecule has 0 aliphatic carbocycles. The van der Waals surface area contributed by atoms with Crippen molar-refractivity contribution in [2.75, 3.05) is 0 Å². The van der Waals surface area contributed by atoms with Crippen molar-refractivity contribution in [3.8, 4) is 0 Å². The summed E-state index contributed by atoms with van der Waals surface area (Å²) in [5.41, 5.74) is 1.09. The predicted octanol–water partition coefficient (Wildman–Crippen LogP) is 2.66. The van der Waals surface area contributed by atoms with E-state index in [1.807, 2.05) is 32.0 Å². The van der Waals surface area contributed by atoms with Gasteiger partial charge in [-0.15, -0.1) is 0 Å². The Morgan fingerprint density at radius 3 is 2.62 bits per heavy atom. The van der Waals surface area contributed by atoms with Gasteiger partial charge < -0.3 is 10.2 Å². The number of hydrogen-bond acceptors (Lipinski definition) is 2. The number of nitrogens with zero attached hydrogens (tertiary/aromatic N) is 1. The van der Waals surface area contributed by atoms with Gasteiger partial charge in [-0.3, -0.25) is 9.59 Å². The van der Waals surface area contributed by atoms with Gasteiger partial charge in [0.1, 0.15) is 11.6 Å². The zero-order valence-electron chi connectivity index (χ0n) is 12.9. The number of nitrogens with one attached hydrogen (secondary N) is 1. The summed E-state index contributed by atoms with van der Waals surface area (Å²) < 4.78 is 0. The van der Waals surface area contributed by atoms with E-state index in [2.05, 4.69) is 5.32 Å². The summed E-state index contributed by atoms with van der Waals surface area (Å²) in [5.74, 6) is -0.184. The van der Waals surface area contributed by atoms with Crippen LogP contribution in [0.25, 0.3) is 0 Å². The monoisotopic (exact) mass is 308 g/mol. The molecule has 1 heterocycles. The largest absolute Gasteiger partial charge is 0.340 e. The maximum atomic E-state index is 12.7. The fourth-order valence-electron chi connectivity index (χ4n) is 2.48. The third-order valence-corrected chi connectivity index (χ3v) is 4.59. The fraction of sp³-hybridized carbons (Fsp3) is 0.500. The smallest absolute Gasteiger partial charge is 0.249 e. The van der Waals surface area contributed by atoms with Gasteiger partial charge in [-0.25, -0.2) is 0 Å². The Kier molecular flexibility index (Phi) is 4.28. The third-order valence-electron chi connectivity index (χ3n) is 4.24. The van der Waals surface area contributed by atoms with E-state index < -0.39 is 11.6 Å². The second-order valence-electron chi connectivity index (χ2n) is 5.88. The van der Waals surface area contributed by atoms with Crippen LogP contribution in [0.4, 0.5) is 0 Å². The zero-order valence-corrected chi connectivity index (χ0v) is 13.6. The molecule has 1 saturated heterocycles. The summed E-state index contributed by atoms with van der Waals surface area (Å²) in [4.78, 5) is 26.4. The minimum Gasteiger partial charge on any atom is -0.340 e. The highest BCUT2D eigenvalue weighted by Gasteiger charge is 2.45. The third kappa shape index (κ3) is 2.91. The van der Waals surface area contributed by atoms with Crippen LogP contribution in [0.15, 0.2) is 18.2 Å². The molecule has 1 N–H and O–H groups in total. The molecule has 21 heavy (non-hydrogen) atoms. The van der Waals surface area contributed by atoms with Crippen LogP contribution in [0.3, 0.4) is 0 Å². The van der Waals surface area contributed by atoms with E-state index in [1.165, 1.54) is 0 Å². The van der Waals surface area contributed by atoms with E-state index in [-0.39, 0.29) is 11.8 Å². The van der Waals surface area contributed by atoms with Gasteiger partial charge >= 0.3 is 0 Å². The molecule has 5 heteroatoms. The van der Waals surface area contributed by atoms with Gasteiger partial charge in [0.2, 0.25) is 11.8 Å². The molecule has 0 spiro atoms. The van der Waals surface area contributed by atoms with Crippen molar-refractivity contribution in [2.45, 2.75) is 52.2 Å². The highest BCUT2D eigenvalue weighted by Crippen LogP contribution is 2.26. The molecule has 0 aromatic heterocycles. The zero-order chi connectivity index (χ0) is 15.8. The average molecular weight is 309 g/mol. The minimum atomic E-state index is -0.833. The lowest BCUT2D eigenvalue weighted by molar-refractivity contribution is -0.154. The number of carbonyl (C=O) groups excluding carboxylic acids is 2. The number of benzene rings is 1. The van der Waals surface area contributed by atoms with Crippen molar-refractivity contribution in [3.05, 3.63) is 34.3 Å². The highest BCUT2D eigenvalue weighted by atomic mass is 35.5. The maximum Gasteiger partial charge on any atom is 0.249 e. The summed E-state index contributed by atoms with van der Waals surface area (Å²) in [5, 5.41) is 3.44.